The zero-order valence-corrected chi connectivity index (χ0v) is 51.6. The van der Waals surface area contributed by atoms with Crippen molar-refractivity contribution in [2.45, 2.75) is 104 Å². The first-order valence-corrected chi connectivity index (χ1v) is 27.9. The molecule has 1 fully saturated rings. The summed E-state index contributed by atoms with van der Waals surface area (Å²) in [5, 5.41) is 13.6. The average Bonchev–Trinajstić information content (AvgIpc) is 3.95. The van der Waals surface area contributed by atoms with Gasteiger partial charge >= 0.3 is 19.3 Å². The van der Waals surface area contributed by atoms with Gasteiger partial charge in [-0.25, -0.2) is 18.4 Å². The second kappa shape index (κ2) is 28.0. The second-order valence-corrected chi connectivity index (χ2v) is 24.0. The molecule has 6 aromatic rings. The Kier molecular flexibility index (Phi) is 23.0. The van der Waals surface area contributed by atoms with Gasteiger partial charge in [-0.1, -0.05) is 37.9 Å². The van der Waals surface area contributed by atoms with Gasteiger partial charge in [0.05, 0.1) is 48.7 Å². The average molecular weight is 1310 g/mol. The number of hydrogen-bond acceptors (Lipinski definition) is 12. The summed E-state index contributed by atoms with van der Waals surface area (Å²) in [5.41, 5.74) is 1.22. The summed E-state index contributed by atoms with van der Waals surface area (Å²) in [6.07, 6.45) is 0.515. The molecule has 2 amide bonds. The lowest BCUT2D eigenvalue weighted by Gasteiger charge is -2.32. The van der Waals surface area contributed by atoms with Crippen LogP contribution in [0.5, 0.6) is 11.5 Å². The van der Waals surface area contributed by atoms with Crippen LogP contribution in [0.1, 0.15) is 82.1 Å². The quantitative estimate of drug-likeness (QED) is 0.0493. The molecule has 1 aliphatic rings. The first-order chi connectivity index (χ1) is 36.0. The number of hydrogen-bond donors (Lipinski definition) is 1. The number of ether oxygens (including phenoxy) is 6. The van der Waals surface area contributed by atoms with Crippen molar-refractivity contribution in [1.82, 2.24) is 29.8 Å². The van der Waals surface area contributed by atoms with Crippen LogP contribution in [0.25, 0.3) is 33.1 Å². The Morgan fingerprint density at radius 2 is 1.19 bits per heavy atom. The van der Waals surface area contributed by atoms with Gasteiger partial charge < -0.3 is 47.5 Å². The minimum Gasteiger partial charge on any atom is -0.493 e. The summed E-state index contributed by atoms with van der Waals surface area (Å²) in [6, 6.07) is 21.3. The Hall–Kier alpha value is -4.59. The lowest BCUT2D eigenvalue weighted by atomic mass is 9.78. The van der Waals surface area contributed by atoms with E-state index in [9.17, 15) is 18.4 Å². The molecule has 7 rings (SSSR count). The Morgan fingerprint density at radius 1 is 0.701 bits per heavy atom. The third-order valence-corrected chi connectivity index (χ3v) is 13.7. The fraction of sp³-hybridized carbons (Fsp3) is 0.491. The van der Waals surface area contributed by atoms with Crippen molar-refractivity contribution in [3.63, 3.8) is 0 Å². The number of amides is 2. The molecule has 1 N–H and O–H groups in total. The van der Waals surface area contributed by atoms with Gasteiger partial charge in [0.25, 0.3) is 0 Å². The van der Waals surface area contributed by atoms with Gasteiger partial charge in [0, 0.05) is 103 Å². The summed E-state index contributed by atoms with van der Waals surface area (Å²) in [4.78, 5) is 26.7. The molecule has 1 saturated heterocycles. The second-order valence-electron chi connectivity index (χ2n) is 21.2. The van der Waals surface area contributed by atoms with E-state index in [1.165, 1.54) is 27.3 Å². The maximum absolute atomic E-state index is 14.7. The standard InChI is InChI=1S/C24H29BrFN3O4.C23H37BFNO6.C8H6BrIN2/c1-24(2,3)33-23(30)29(4)10-13-31-11-5-12-32-17-7-9-18(20(26)15-17)22-19-8-6-16(25)14-21(19)27-28-22;1-21(2,3)30-20(27)26(8)12-15-28-13-9-14-29-17-10-11-18(19(25)16-17)24-31-22(4,5)23(6,7)32-24;1-12-7-4-5(9)2-3-6(7)8(10)11-12/h6-9,14-15H,5,10-13H2,1-4H3,(H,27,28);10-11,16H,9,12-15H2,1-8H3;2-4H,1H3. The Bertz CT molecular complexity index is 2900. The third kappa shape index (κ3) is 19.3. The number of aromatic nitrogens is 4. The minimum atomic E-state index is -0.749. The number of aromatic amines is 1. The molecule has 0 spiro atoms. The van der Waals surface area contributed by atoms with Crippen LogP contribution in [0.4, 0.5) is 18.4 Å². The van der Waals surface area contributed by atoms with Crippen LogP contribution >= 0.6 is 54.5 Å². The van der Waals surface area contributed by atoms with Gasteiger partial charge in [-0.2, -0.15) is 10.2 Å². The van der Waals surface area contributed by atoms with Crippen LogP contribution in [0.2, 0.25) is 0 Å². The number of nitrogens with zero attached hydrogens (tertiary/aromatic N) is 5. The smallest absolute Gasteiger partial charge is 0.493 e. The zero-order valence-electron chi connectivity index (χ0n) is 46.3. The molecule has 22 heteroatoms. The van der Waals surface area contributed by atoms with Crippen LogP contribution in [-0.4, -0.2) is 138 Å². The lowest BCUT2D eigenvalue weighted by Crippen LogP contribution is -2.41. The number of carbonyl (C=O) groups is 2. The summed E-state index contributed by atoms with van der Waals surface area (Å²) in [7, 11) is 4.55. The molecular weight excluding hydrogens is 1240 g/mol. The first-order valence-electron chi connectivity index (χ1n) is 25.2. The molecule has 1 aliphatic heterocycles. The molecule has 3 heterocycles. The van der Waals surface area contributed by atoms with E-state index in [-0.39, 0.29) is 12.2 Å². The largest absolute Gasteiger partial charge is 0.497 e. The molecule has 2 aromatic heterocycles. The third-order valence-electron chi connectivity index (χ3n) is 11.9. The SMILES string of the molecule is CN(CCOCCCOc1ccc(-c2n[nH]c3cc(Br)ccc23)c(F)c1)C(=O)OC(C)(C)C.CN(CCOCCCOc1ccc(B2OC(C)(C)C(C)(C)O2)c(F)c1)C(=O)OC(C)(C)C.Cn1nc(I)c2ccc(Br)cc21. The molecule has 0 aliphatic carbocycles. The van der Waals surface area contributed by atoms with Crippen LogP contribution < -0.4 is 14.9 Å². The molecule has 0 radical (unpaired) electrons. The Labute approximate surface area is 482 Å². The number of likely N-dealkylation sites (N-methyl/N-ethyl adjacent to an activating group) is 2. The predicted molar refractivity (Wildman–Crippen MR) is 312 cm³/mol. The maximum atomic E-state index is 14.7. The number of halogens is 5. The summed E-state index contributed by atoms with van der Waals surface area (Å²) >= 11 is 9.09. The maximum Gasteiger partial charge on any atom is 0.497 e. The lowest BCUT2D eigenvalue weighted by molar-refractivity contribution is 0.00578. The monoisotopic (exact) mass is 1310 g/mol. The fourth-order valence-electron chi connectivity index (χ4n) is 7.09. The summed E-state index contributed by atoms with van der Waals surface area (Å²) < 4.78 is 79.0. The topological polar surface area (TPSA) is 161 Å². The molecule has 4 aromatic carbocycles. The fourth-order valence-corrected chi connectivity index (χ4v) is 8.58. The number of aryl methyl sites for hydroxylation is 1. The van der Waals surface area contributed by atoms with Crippen molar-refractivity contribution in [2.75, 3.05) is 66.8 Å². The molecule has 0 unspecified atom stereocenters. The highest BCUT2D eigenvalue weighted by Gasteiger charge is 2.52. The van der Waals surface area contributed by atoms with Crippen molar-refractivity contribution in [1.29, 1.82) is 0 Å². The number of fused-ring (bicyclic) bond motifs is 2. The van der Waals surface area contributed by atoms with Gasteiger partial charge in [-0.05, 0) is 146 Å². The van der Waals surface area contributed by atoms with Gasteiger partial charge in [0.15, 0.2) is 0 Å². The number of nitrogens with one attached hydrogen (secondary N) is 1. The molecule has 420 valence electrons. The highest BCUT2D eigenvalue weighted by Crippen LogP contribution is 2.37. The van der Waals surface area contributed by atoms with Crippen LogP contribution in [0, 0.1) is 15.3 Å². The van der Waals surface area contributed by atoms with E-state index in [0.717, 1.165) is 29.1 Å². The highest BCUT2D eigenvalue weighted by atomic mass is 127. The van der Waals surface area contributed by atoms with E-state index >= 15 is 0 Å². The molecule has 0 bridgehead atoms. The predicted octanol–water partition coefficient (Wildman–Crippen LogP) is 12.5. The van der Waals surface area contributed by atoms with Crippen LogP contribution in [0.3, 0.4) is 0 Å². The van der Waals surface area contributed by atoms with Gasteiger partial charge in [-0.15, -0.1) is 0 Å². The van der Waals surface area contributed by atoms with Crippen LogP contribution in [-0.2, 0) is 35.3 Å². The molecular formula is C55H72BBr2F2IN6O10. The van der Waals surface area contributed by atoms with E-state index in [1.807, 2.05) is 105 Å². The molecule has 77 heavy (non-hydrogen) atoms. The van der Waals surface area contributed by atoms with Crippen molar-refractivity contribution in [3.05, 3.63) is 97.1 Å². The van der Waals surface area contributed by atoms with Gasteiger partial charge in [0.1, 0.15) is 43.7 Å². The van der Waals surface area contributed by atoms with E-state index < -0.39 is 41.2 Å². The molecule has 16 nitrogen and oxygen atoms in total. The van der Waals surface area contributed by atoms with Crippen molar-refractivity contribution in [3.8, 4) is 22.8 Å². The van der Waals surface area contributed by atoms with Gasteiger partial charge in [-0.3, -0.25) is 9.78 Å². The zero-order chi connectivity index (χ0) is 56.9. The van der Waals surface area contributed by atoms with Crippen molar-refractivity contribution >= 4 is 101 Å². The normalized spacial score (nSPS) is 13.9. The van der Waals surface area contributed by atoms with E-state index in [2.05, 4.69) is 81.9 Å². The molecule has 0 saturated carbocycles. The van der Waals surface area contributed by atoms with Crippen molar-refractivity contribution < 1.29 is 56.1 Å². The van der Waals surface area contributed by atoms with Crippen LogP contribution in [0.15, 0.2) is 81.7 Å². The van der Waals surface area contributed by atoms with E-state index in [1.54, 1.807) is 38.4 Å². The number of rotatable bonds is 18. The minimum absolute atomic E-state index is 0.355. The Balaban J connectivity index is 0.000000233. The number of carbonyl (C=O) groups excluding carboxylic acids is 2. The van der Waals surface area contributed by atoms with E-state index in [0.29, 0.717) is 93.8 Å². The first kappa shape index (κ1) is 63.2. The molecule has 0 atom stereocenters. The van der Waals surface area contributed by atoms with E-state index in [4.69, 9.17) is 37.7 Å². The Morgan fingerprint density at radius 3 is 1.70 bits per heavy atom. The van der Waals surface area contributed by atoms with Gasteiger partial charge in [0.2, 0.25) is 0 Å². The van der Waals surface area contributed by atoms with Crippen molar-refractivity contribution in [2.24, 2.45) is 7.05 Å². The summed E-state index contributed by atoms with van der Waals surface area (Å²) in [5.74, 6) is 0.0589. The number of benzene rings is 4. The summed E-state index contributed by atoms with van der Waals surface area (Å²) in [6.45, 7) is 22.0. The highest BCUT2D eigenvalue weighted by molar-refractivity contribution is 14.1. The number of H-pyrrole nitrogens is 1.